The fourth-order valence-corrected chi connectivity index (χ4v) is 1.20. The molecule has 0 aromatic rings. The van der Waals surface area contributed by atoms with Gasteiger partial charge in [-0.15, -0.1) is 24.0 Å². The van der Waals surface area contributed by atoms with E-state index in [2.05, 4.69) is 36.4 Å². The predicted octanol–water partition coefficient (Wildman–Crippen LogP) is 1.62. The minimum absolute atomic E-state index is 0. The van der Waals surface area contributed by atoms with Crippen LogP contribution in [0.5, 0.6) is 0 Å². The Morgan fingerprint density at radius 2 is 1.94 bits per heavy atom. The van der Waals surface area contributed by atoms with Gasteiger partial charge in [-0.2, -0.15) is 0 Å². The molecule has 0 radical (unpaired) electrons. The molecule has 0 heterocycles. The topological polar surface area (TPSA) is 54.9 Å². The first-order valence-corrected chi connectivity index (χ1v) is 6.32. The Morgan fingerprint density at radius 1 is 1.22 bits per heavy atom. The van der Waals surface area contributed by atoms with Gasteiger partial charge in [-0.3, -0.25) is 4.99 Å². The quantitative estimate of drug-likeness (QED) is 0.279. The first-order chi connectivity index (χ1) is 8.20. The number of hydrogen-bond donors (Lipinski definition) is 2. The molecule has 0 aliphatic carbocycles. The van der Waals surface area contributed by atoms with Crippen LogP contribution in [-0.2, 0) is 9.47 Å². The van der Waals surface area contributed by atoms with Crippen LogP contribution in [0.15, 0.2) is 4.99 Å². The zero-order chi connectivity index (χ0) is 12.9. The van der Waals surface area contributed by atoms with Gasteiger partial charge in [0, 0.05) is 32.8 Å². The fourth-order valence-electron chi connectivity index (χ4n) is 1.20. The number of rotatable bonds is 9. The van der Waals surface area contributed by atoms with E-state index in [1.165, 1.54) is 0 Å². The molecule has 2 N–H and O–H groups in total. The molecule has 0 spiro atoms. The highest BCUT2D eigenvalue weighted by Gasteiger charge is 1.98. The first-order valence-electron chi connectivity index (χ1n) is 6.32. The van der Waals surface area contributed by atoms with Gasteiger partial charge in [-0.1, -0.05) is 0 Å². The Labute approximate surface area is 128 Å². The largest absolute Gasteiger partial charge is 0.382 e. The lowest BCUT2D eigenvalue weighted by Crippen LogP contribution is -2.41. The van der Waals surface area contributed by atoms with Crippen molar-refractivity contribution >= 4 is 29.9 Å². The third kappa shape index (κ3) is 14.0. The second-order valence-electron chi connectivity index (χ2n) is 4.02. The Kier molecular flexibility index (Phi) is 16.8. The highest BCUT2D eigenvalue weighted by atomic mass is 127. The Balaban J connectivity index is 0. The van der Waals surface area contributed by atoms with Crippen molar-refractivity contribution in [3.05, 3.63) is 0 Å². The zero-order valence-corrected chi connectivity index (χ0v) is 14.3. The van der Waals surface area contributed by atoms with Crippen molar-refractivity contribution in [1.82, 2.24) is 10.6 Å². The molecular weight excluding hydrogens is 345 g/mol. The van der Waals surface area contributed by atoms with E-state index in [0.29, 0.717) is 19.3 Å². The van der Waals surface area contributed by atoms with E-state index in [4.69, 9.17) is 9.47 Å². The lowest BCUT2D eigenvalue weighted by Gasteiger charge is -2.13. The molecule has 0 amide bonds. The SMILES string of the molecule is CCNC(=NCCCOCCOC)NC(C)C.I. The summed E-state index contributed by atoms with van der Waals surface area (Å²) in [6, 6.07) is 0.394. The third-order valence-corrected chi connectivity index (χ3v) is 1.92. The molecular formula is C12H28IN3O2. The fraction of sp³-hybridized carbons (Fsp3) is 0.917. The van der Waals surface area contributed by atoms with Crippen molar-refractivity contribution < 1.29 is 9.47 Å². The lowest BCUT2D eigenvalue weighted by molar-refractivity contribution is 0.0702. The Morgan fingerprint density at radius 3 is 2.50 bits per heavy atom. The van der Waals surface area contributed by atoms with Gasteiger partial charge in [0.2, 0.25) is 0 Å². The van der Waals surface area contributed by atoms with E-state index in [1.807, 2.05) is 0 Å². The van der Waals surface area contributed by atoms with Crippen molar-refractivity contribution in [3.8, 4) is 0 Å². The van der Waals surface area contributed by atoms with Crippen molar-refractivity contribution in [1.29, 1.82) is 0 Å². The Hall–Kier alpha value is -0.0800. The summed E-state index contributed by atoms with van der Waals surface area (Å²) in [7, 11) is 1.67. The van der Waals surface area contributed by atoms with Crippen LogP contribution < -0.4 is 10.6 Å². The summed E-state index contributed by atoms with van der Waals surface area (Å²) < 4.78 is 10.3. The molecule has 0 aliphatic rings. The average Bonchev–Trinajstić information content (AvgIpc) is 2.27. The number of hydrogen-bond acceptors (Lipinski definition) is 3. The molecule has 0 atom stereocenters. The molecule has 0 aliphatic heterocycles. The van der Waals surface area contributed by atoms with E-state index in [-0.39, 0.29) is 24.0 Å². The summed E-state index contributed by atoms with van der Waals surface area (Å²) in [4.78, 5) is 4.45. The molecule has 5 nitrogen and oxygen atoms in total. The second-order valence-corrected chi connectivity index (χ2v) is 4.02. The molecule has 110 valence electrons. The molecule has 0 rings (SSSR count). The summed E-state index contributed by atoms with van der Waals surface area (Å²) in [5.74, 6) is 0.874. The van der Waals surface area contributed by atoms with Crippen LogP contribution in [0.1, 0.15) is 27.2 Å². The van der Waals surface area contributed by atoms with E-state index in [0.717, 1.165) is 32.1 Å². The molecule has 0 unspecified atom stereocenters. The van der Waals surface area contributed by atoms with Gasteiger partial charge in [0.25, 0.3) is 0 Å². The van der Waals surface area contributed by atoms with Crippen LogP contribution in [0.25, 0.3) is 0 Å². The summed E-state index contributed by atoms with van der Waals surface area (Å²) in [5, 5.41) is 6.47. The molecule has 0 aromatic carbocycles. The van der Waals surface area contributed by atoms with Gasteiger partial charge in [-0.25, -0.2) is 0 Å². The number of halogens is 1. The third-order valence-electron chi connectivity index (χ3n) is 1.92. The number of aliphatic imine (C=N–C) groups is 1. The van der Waals surface area contributed by atoms with Gasteiger partial charge in [0.05, 0.1) is 13.2 Å². The predicted molar refractivity (Wildman–Crippen MR) is 87.0 cm³/mol. The van der Waals surface area contributed by atoms with Crippen LogP contribution in [0.4, 0.5) is 0 Å². The molecule has 0 saturated heterocycles. The maximum atomic E-state index is 5.36. The van der Waals surface area contributed by atoms with Gasteiger partial charge in [0.15, 0.2) is 5.96 Å². The monoisotopic (exact) mass is 373 g/mol. The highest BCUT2D eigenvalue weighted by Crippen LogP contribution is 1.86. The maximum Gasteiger partial charge on any atom is 0.191 e. The molecule has 0 saturated carbocycles. The number of guanidine groups is 1. The second kappa shape index (κ2) is 15.0. The number of ether oxygens (including phenoxy) is 2. The molecule has 0 aromatic heterocycles. The number of nitrogens with zero attached hydrogens (tertiary/aromatic N) is 1. The molecule has 18 heavy (non-hydrogen) atoms. The Bertz CT molecular complexity index is 202. The van der Waals surface area contributed by atoms with E-state index in [1.54, 1.807) is 7.11 Å². The summed E-state index contributed by atoms with van der Waals surface area (Å²) in [6.45, 7) is 9.95. The summed E-state index contributed by atoms with van der Waals surface area (Å²) in [6.07, 6.45) is 0.929. The van der Waals surface area contributed by atoms with Crippen molar-refractivity contribution in [2.24, 2.45) is 4.99 Å². The van der Waals surface area contributed by atoms with Crippen LogP contribution in [-0.4, -0.2) is 52.0 Å². The smallest absolute Gasteiger partial charge is 0.191 e. The van der Waals surface area contributed by atoms with Gasteiger partial charge >= 0.3 is 0 Å². The maximum absolute atomic E-state index is 5.36. The molecule has 6 heteroatoms. The number of nitrogens with one attached hydrogen (secondary N) is 2. The minimum atomic E-state index is 0. The lowest BCUT2D eigenvalue weighted by atomic mass is 10.4. The van der Waals surface area contributed by atoms with Crippen LogP contribution >= 0.6 is 24.0 Å². The average molecular weight is 373 g/mol. The molecule has 0 fully saturated rings. The van der Waals surface area contributed by atoms with Crippen molar-refractivity contribution in [3.63, 3.8) is 0 Å². The van der Waals surface area contributed by atoms with Crippen molar-refractivity contribution in [2.75, 3.05) is 40.0 Å². The highest BCUT2D eigenvalue weighted by molar-refractivity contribution is 14.0. The van der Waals surface area contributed by atoms with Crippen LogP contribution in [0.2, 0.25) is 0 Å². The summed E-state index contributed by atoms with van der Waals surface area (Å²) in [5.41, 5.74) is 0. The van der Waals surface area contributed by atoms with Gasteiger partial charge < -0.3 is 20.1 Å². The van der Waals surface area contributed by atoms with E-state index < -0.39 is 0 Å². The van der Waals surface area contributed by atoms with Gasteiger partial charge in [0.1, 0.15) is 0 Å². The van der Waals surface area contributed by atoms with Crippen molar-refractivity contribution in [2.45, 2.75) is 33.2 Å². The van der Waals surface area contributed by atoms with E-state index >= 15 is 0 Å². The standard InChI is InChI=1S/C12H27N3O2.HI/c1-5-13-12(15-11(2)3)14-7-6-8-17-10-9-16-4;/h11H,5-10H2,1-4H3,(H2,13,14,15);1H. The summed E-state index contributed by atoms with van der Waals surface area (Å²) >= 11 is 0. The van der Waals surface area contributed by atoms with E-state index in [9.17, 15) is 0 Å². The normalized spacial score (nSPS) is 11.3. The minimum Gasteiger partial charge on any atom is -0.382 e. The van der Waals surface area contributed by atoms with Crippen LogP contribution in [0.3, 0.4) is 0 Å². The molecule has 0 bridgehead atoms. The zero-order valence-electron chi connectivity index (χ0n) is 12.0. The van der Waals surface area contributed by atoms with Gasteiger partial charge in [-0.05, 0) is 27.2 Å². The number of methoxy groups -OCH3 is 1. The van der Waals surface area contributed by atoms with Crippen LogP contribution in [0, 0.1) is 0 Å². The first kappa shape index (κ1) is 20.2.